The van der Waals surface area contributed by atoms with Crippen LogP contribution in [0.3, 0.4) is 0 Å². The Morgan fingerprint density at radius 3 is 2.38 bits per heavy atom. The van der Waals surface area contributed by atoms with Crippen LogP contribution < -0.4 is 0 Å². The second-order valence-electron chi connectivity index (χ2n) is 6.80. The van der Waals surface area contributed by atoms with Gasteiger partial charge in [-0.2, -0.15) is 17.5 Å². The number of halogens is 3. The summed E-state index contributed by atoms with van der Waals surface area (Å²) in [6, 6.07) is 7.31. The molecule has 2 aromatic rings. The minimum absolute atomic E-state index is 0.0243. The molecule has 0 spiro atoms. The first-order valence-electron chi connectivity index (χ1n) is 8.94. The Balaban J connectivity index is 1.65. The number of pyridine rings is 1. The standard InChI is InChI=1S/C19H20F3N3O3S/c1-14-5-6-15(13-23-14)11-18(26)24-7-9-25(10-8-24)29(27,28)17-4-2-3-16(12-17)19(20,21)22/h2-6,12-13H,7-11H2,1H3. The van der Waals surface area contributed by atoms with Gasteiger partial charge in [-0.05, 0) is 36.8 Å². The van der Waals surface area contributed by atoms with Crippen molar-refractivity contribution in [3.63, 3.8) is 0 Å². The summed E-state index contributed by atoms with van der Waals surface area (Å²) < 4.78 is 65.2. The normalized spacial score (nSPS) is 16.1. The fraction of sp³-hybridized carbons (Fsp3) is 0.368. The smallest absolute Gasteiger partial charge is 0.340 e. The number of aromatic nitrogens is 1. The number of amides is 1. The predicted octanol–water partition coefficient (Wildman–Crippen LogP) is 2.48. The van der Waals surface area contributed by atoms with E-state index < -0.39 is 26.7 Å². The highest BCUT2D eigenvalue weighted by molar-refractivity contribution is 7.89. The lowest BCUT2D eigenvalue weighted by Gasteiger charge is -2.34. The van der Waals surface area contributed by atoms with Crippen LogP contribution in [0.5, 0.6) is 0 Å². The van der Waals surface area contributed by atoms with Crippen molar-refractivity contribution in [1.82, 2.24) is 14.2 Å². The van der Waals surface area contributed by atoms with Crippen LogP contribution in [0.1, 0.15) is 16.8 Å². The maximum Gasteiger partial charge on any atom is 0.416 e. The predicted molar refractivity (Wildman–Crippen MR) is 99.5 cm³/mol. The highest BCUT2D eigenvalue weighted by Crippen LogP contribution is 2.31. The fourth-order valence-electron chi connectivity index (χ4n) is 3.05. The van der Waals surface area contributed by atoms with Crippen molar-refractivity contribution in [1.29, 1.82) is 0 Å². The molecule has 10 heteroatoms. The number of benzene rings is 1. The van der Waals surface area contributed by atoms with E-state index in [1.54, 1.807) is 11.1 Å². The molecule has 6 nitrogen and oxygen atoms in total. The number of hydrogen-bond donors (Lipinski definition) is 0. The van der Waals surface area contributed by atoms with Crippen LogP contribution in [0, 0.1) is 6.92 Å². The SMILES string of the molecule is Cc1ccc(CC(=O)N2CCN(S(=O)(=O)c3cccc(C(F)(F)F)c3)CC2)cn1. The summed E-state index contributed by atoms with van der Waals surface area (Å²) in [4.78, 5) is 17.7. The molecule has 0 atom stereocenters. The summed E-state index contributed by atoms with van der Waals surface area (Å²) in [7, 11) is -4.07. The first-order chi connectivity index (χ1) is 13.6. The molecule has 29 heavy (non-hydrogen) atoms. The molecule has 2 heterocycles. The Bertz CT molecular complexity index is 984. The number of hydrogen-bond acceptors (Lipinski definition) is 4. The third-order valence-electron chi connectivity index (χ3n) is 4.72. The molecule has 156 valence electrons. The van der Waals surface area contributed by atoms with Crippen molar-refractivity contribution in [2.75, 3.05) is 26.2 Å². The van der Waals surface area contributed by atoms with Gasteiger partial charge in [0.2, 0.25) is 15.9 Å². The van der Waals surface area contributed by atoms with E-state index in [4.69, 9.17) is 0 Å². The molecule has 1 fully saturated rings. The first kappa shape index (κ1) is 21.3. The number of aryl methyl sites for hydroxylation is 1. The highest BCUT2D eigenvalue weighted by atomic mass is 32.2. The Labute approximate surface area is 167 Å². The van der Waals surface area contributed by atoms with E-state index in [0.29, 0.717) is 6.07 Å². The molecule has 0 unspecified atom stereocenters. The summed E-state index contributed by atoms with van der Waals surface area (Å²) in [5.74, 6) is -0.147. The van der Waals surface area contributed by atoms with E-state index in [1.807, 2.05) is 19.1 Å². The summed E-state index contributed by atoms with van der Waals surface area (Å²) in [6.07, 6.45) is -2.84. The van der Waals surface area contributed by atoms with Crippen LogP contribution in [0.15, 0.2) is 47.5 Å². The molecule has 1 aliphatic rings. The lowest BCUT2D eigenvalue weighted by Crippen LogP contribution is -2.50. The van der Waals surface area contributed by atoms with E-state index >= 15 is 0 Å². The van der Waals surface area contributed by atoms with E-state index in [-0.39, 0.29) is 38.5 Å². The summed E-state index contributed by atoms with van der Waals surface area (Å²) >= 11 is 0. The minimum Gasteiger partial charge on any atom is -0.340 e. The topological polar surface area (TPSA) is 70.6 Å². The number of carbonyl (C=O) groups is 1. The number of carbonyl (C=O) groups excluding carboxylic acids is 1. The molecule has 1 amide bonds. The molecule has 1 aromatic heterocycles. The Morgan fingerprint density at radius 2 is 1.79 bits per heavy atom. The number of alkyl halides is 3. The second kappa shape index (κ2) is 8.11. The molecule has 3 rings (SSSR count). The molecule has 0 saturated carbocycles. The molecule has 0 radical (unpaired) electrons. The number of sulfonamides is 1. The lowest BCUT2D eigenvalue weighted by atomic mass is 10.1. The van der Waals surface area contributed by atoms with Crippen LogP contribution in [0.25, 0.3) is 0 Å². The van der Waals surface area contributed by atoms with Crippen LogP contribution >= 0.6 is 0 Å². The van der Waals surface area contributed by atoms with Gasteiger partial charge in [0, 0.05) is 38.1 Å². The zero-order valence-electron chi connectivity index (χ0n) is 15.7. The van der Waals surface area contributed by atoms with Crippen LogP contribution in [-0.4, -0.2) is 54.7 Å². The average Bonchev–Trinajstić information content (AvgIpc) is 2.69. The molecule has 1 aromatic carbocycles. The van der Waals surface area contributed by atoms with Gasteiger partial charge in [-0.15, -0.1) is 0 Å². The maximum absolute atomic E-state index is 12.9. The lowest BCUT2D eigenvalue weighted by molar-refractivity contribution is -0.137. The van der Waals surface area contributed by atoms with Crippen LogP contribution in [0.4, 0.5) is 13.2 Å². The van der Waals surface area contributed by atoms with Gasteiger partial charge in [-0.3, -0.25) is 9.78 Å². The van der Waals surface area contributed by atoms with E-state index in [0.717, 1.165) is 33.8 Å². The summed E-state index contributed by atoms with van der Waals surface area (Å²) in [6.45, 7) is 2.25. The molecular weight excluding hydrogens is 407 g/mol. The monoisotopic (exact) mass is 427 g/mol. The number of piperazine rings is 1. The highest BCUT2D eigenvalue weighted by Gasteiger charge is 2.34. The Morgan fingerprint density at radius 1 is 1.10 bits per heavy atom. The maximum atomic E-state index is 12.9. The third-order valence-corrected chi connectivity index (χ3v) is 6.61. The first-order valence-corrected chi connectivity index (χ1v) is 10.4. The van der Waals surface area contributed by atoms with Gasteiger partial charge in [0.15, 0.2) is 0 Å². The zero-order valence-corrected chi connectivity index (χ0v) is 16.5. The van der Waals surface area contributed by atoms with Gasteiger partial charge in [0.25, 0.3) is 0 Å². The van der Waals surface area contributed by atoms with Gasteiger partial charge in [-0.1, -0.05) is 12.1 Å². The van der Waals surface area contributed by atoms with Gasteiger partial charge in [0.1, 0.15) is 0 Å². The van der Waals surface area contributed by atoms with Gasteiger partial charge in [-0.25, -0.2) is 8.42 Å². The summed E-state index contributed by atoms with van der Waals surface area (Å²) in [5, 5.41) is 0. The van der Waals surface area contributed by atoms with Crippen molar-refractivity contribution in [3.8, 4) is 0 Å². The van der Waals surface area contributed by atoms with Crippen molar-refractivity contribution in [3.05, 3.63) is 59.4 Å². The van der Waals surface area contributed by atoms with Crippen molar-refractivity contribution < 1.29 is 26.4 Å². The van der Waals surface area contributed by atoms with E-state index in [1.165, 1.54) is 0 Å². The quantitative estimate of drug-likeness (QED) is 0.752. The average molecular weight is 427 g/mol. The number of rotatable bonds is 4. The van der Waals surface area contributed by atoms with Gasteiger partial charge in [0.05, 0.1) is 16.9 Å². The van der Waals surface area contributed by atoms with Crippen LogP contribution in [0.2, 0.25) is 0 Å². The van der Waals surface area contributed by atoms with E-state index in [2.05, 4.69) is 4.98 Å². The fourth-order valence-corrected chi connectivity index (χ4v) is 4.52. The number of nitrogens with zero attached hydrogens (tertiary/aromatic N) is 3. The molecule has 0 aliphatic carbocycles. The zero-order chi connectivity index (χ0) is 21.2. The van der Waals surface area contributed by atoms with Crippen molar-refractivity contribution >= 4 is 15.9 Å². The van der Waals surface area contributed by atoms with Crippen LogP contribution in [-0.2, 0) is 27.4 Å². The second-order valence-corrected chi connectivity index (χ2v) is 8.73. The third kappa shape index (κ3) is 4.94. The molecule has 1 saturated heterocycles. The van der Waals surface area contributed by atoms with Gasteiger partial charge >= 0.3 is 6.18 Å². The Hall–Kier alpha value is -2.46. The summed E-state index contributed by atoms with van der Waals surface area (Å²) in [5.41, 5.74) is 0.591. The van der Waals surface area contributed by atoms with Gasteiger partial charge < -0.3 is 4.90 Å². The Kier molecular flexibility index (Phi) is 5.95. The molecule has 0 bridgehead atoms. The molecule has 0 N–H and O–H groups in total. The minimum atomic E-state index is -4.62. The largest absolute Gasteiger partial charge is 0.416 e. The molecular formula is C19H20F3N3O3S. The van der Waals surface area contributed by atoms with Crippen molar-refractivity contribution in [2.24, 2.45) is 0 Å². The van der Waals surface area contributed by atoms with E-state index in [9.17, 15) is 26.4 Å². The van der Waals surface area contributed by atoms with Crippen molar-refractivity contribution in [2.45, 2.75) is 24.4 Å². The molecule has 1 aliphatic heterocycles.